The van der Waals surface area contributed by atoms with Crippen LogP contribution >= 0.6 is 0 Å². The number of alkyl halides is 1. The standard InChI is InChI=1S/C7H14FN3/c8-5-6-1-3-11(4-2-6)7(9)10/h6H,1-5H2,(H3,9,10). The fraction of sp³-hybridized carbons (Fsp3) is 0.857. The van der Waals surface area contributed by atoms with E-state index in [0.717, 1.165) is 25.9 Å². The molecule has 4 heteroatoms. The molecule has 3 N–H and O–H groups in total. The van der Waals surface area contributed by atoms with Crippen LogP contribution in [0.15, 0.2) is 0 Å². The van der Waals surface area contributed by atoms with Gasteiger partial charge in [-0.1, -0.05) is 0 Å². The van der Waals surface area contributed by atoms with E-state index >= 15 is 0 Å². The molecule has 0 aromatic heterocycles. The van der Waals surface area contributed by atoms with Gasteiger partial charge in [-0.05, 0) is 18.8 Å². The Hall–Kier alpha value is -0.800. The van der Waals surface area contributed by atoms with Gasteiger partial charge < -0.3 is 10.6 Å². The molecule has 0 bridgehead atoms. The van der Waals surface area contributed by atoms with Gasteiger partial charge in [-0.15, -0.1) is 0 Å². The molecule has 0 amide bonds. The summed E-state index contributed by atoms with van der Waals surface area (Å²) in [6, 6.07) is 0. The second-order valence-corrected chi connectivity index (χ2v) is 2.97. The number of rotatable bonds is 1. The summed E-state index contributed by atoms with van der Waals surface area (Å²) in [6.07, 6.45) is 1.66. The summed E-state index contributed by atoms with van der Waals surface area (Å²) in [4.78, 5) is 1.78. The van der Waals surface area contributed by atoms with Crippen molar-refractivity contribution >= 4 is 5.96 Å². The van der Waals surface area contributed by atoms with Crippen molar-refractivity contribution in [2.75, 3.05) is 19.8 Å². The van der Waals surface area contributed by atoms with Gasteiger partial charge in [0.05, 0.1) is 6.67 Å². The largest absolute Gasteiger partial charge is 0.370 e. The minimum atomic E-state index is -0.230. The van der Waals surface area contributed by atoms with E-state index in [4.69, 9.17) is 11.1 Å². The highest BCUT2D eigenvalue weighted by atomic mass is 19.1. The maximum absolute atomic E-state index is 12.1. The molecule has 1 heterocycles. The van der Waals surface area contributed by atoms with Crippen LogP contribution in [0.5, 0.6) is 0 Å². The minimum absolute atomic E-state index is 0.113. The first-order chi connectivity index (χ1) is 5.24. The van der Waals surface area contributed by atoms with Crippen molar-refractivity contribution in [3.8, 4) is 0 Å². The average molecular weight is 159 g/mol. The lowest BCUT2D eigenvalue weighted by atomic mass is 9.99. The average Bonchev–Trinajstić information content (AvgIpc) is 2.05. The lowest BCUT2D eigenvalue weighted by molar-refractivity contribution is 0.225. The van der Waals surface area contributed by atoms with Crippen LogP contribution in [0.1, 0.15) is 12.8 Å². The van der Waals surface area contributed by atoms with E-state index in [-0.39, 0.29) is 18.6 Å². The molecule has 0 unspecified atom stereocenters. The molecule has 0 atom stereocenters. The number of hydrogen-bond donors (Lipinski definition) is 2. The summed E-state index contributed by atoms with van der Waals surface area (Å²) in [5.41, 5.74) is 5.27. The first-order valence-corrected chi connectivity index (χ1v) is 3.89. The van der Waals surface area contributed by atoms with E-state index in [9.17, 15) is 4.39 Å². The summed E-state index contributed by atoms with van der Waals surface area (Å²) in [5, 5.41) is 7.12. The Morgan fingerprint density at radius 3 is 2.45 bits per heavy atom. The maximum Gasteiger partial charge on any atom is 0.188 e. The lowest BCUT2D eigenvalue weighted by Gasteiger charge is -2.30. The molecular weight excluding hydrogens is 145 g/mol. The van der Waals surface area contributed by atoms with Crippen LogP contribution in [0.2, 0.25) is 0 Å². The summed E-state index contributed by atoms with van der Waals surface area (Å²) in [5.74, 6) is 0.313. The Labute approximate surface area is 65.9 Å². The normalized spacial score (nSPS) is 20.3. The van der Waals surface area contributed by atoms with Crippen molar-refractivity contribution in [3.63, 3.8) is 0 Å². The molecule has 1 saturated heterocycles. The first-order valence-electron chi connectivity index (χ1n) is 3.89. The van der Waals surface area contributed by atoms with Gasteiger partial charge in [0.1, 0.15) is 0 Å². The molecule has 1 fully saturated rings. The topological polar surface area (TPSA) is 53.1 Å². The van der Waals surface area contributed by atoms with Crippen molar-refractivity contribution < 1.29 is 4.39 Å². The van der Waals surface area contributed by atoms with Crippen LogP contribution in [0.4, 0.5) is 4.39 Å². The van der Waals surface area contributed by atoms with Crippen LogP contribution in [0.25, 0.3) is 0 Å². The molecular formula is C7H14FN3. The second-order valence-electron chi connectivity index (χ2n) is 2.97. The van der Waals surface area contributed by atoms with E-state index in [1.807, 2.05) is 0 Å². The van der Waals surface area contributed by atoms with E-state index in [1.165, 1.54) is 0 Å². The third-order valence-electron chi connectivity index (χ3n) is 2.17. The van der Waals surface area contributed by atoms with Crippen molar-refractivity contribution in [1.29, 1.82) is 5.41 Å². The fourth-order valence-corrected chi connectivity index (χ4v) is 1.33. The smallest absolute Gasteiger partial charge is 0.188 e. The number of halogens is 1. The van der Waals surface area contributed by atoms with Crippen LogP contribution in [-0.4, -0.2) is 30.6 Å². The zero-order chi connectivity index (χ0) is 8.27. The molecule has 0 radical (unpaired) electrons. The van der Waals surface area contributed by atoms with Crippen LogP contribution in [-0.2, 0) is 0 Å². The molecule has 1 aliphatic heterocycles. The summed E-state index contributed by atoms with van der Waals surface area (Å²) >= 11 is 0. The van der Waals surface area contributed by atoms with E-state index in [0.29, 0.717) is 0 Å². The SMILES string of the molecule is N=C(N)N1CCC(CF)CC1. The molecule has 1 rings (SSSR count). The van der Waals surface area contributed by atoms with Crippen LogP contribution in [0.3, 0.4) is 0 Å². The van der Waals surface area contributed by atoms with Crippen LogP contribution in [0, 0.1) is 11.3 Å². The second kappa shape index (κ2) is 3.55. The molecule has 1 aliphatic rings. The number of hydrogen-bond acceptors (Lipinski definition) is 1. The predicted molar refractivity (Wildman–Crippen MR) is 42.2 cm³/mol. The number of piperidine rings is 1. The molecule has 0 saturated carbocycles. The number of guanidine groups is 1. The molecule has 11 heavy (non-hydrogen) atoms. The Morgan fingerprint density at radius 2 is 2.09 bits per heavy atom. The van der Waals surface area contributed by atoms with Crippen molar-refractivity contribution in [2.45, 2.75) is 12.8 Å². The van der Waals surface area contributed by atoms with Gasteiger partial charge in [0, 0.05) is 13.1 Å². The van der Waals surface area contributed by atoms with E-state index in [1.54, 1.807) is 4.90 Å². The number of likely N-dealkylation sites (tertiary alicyclic amines) is 1. The molecule has 0 aromatic carbocycles. The number of nitrogens with two attached hydrogens (primary N) is 1. The Balaban J connectivity index is 2.30. The van der Waals surface area contributed by atoms with Gasteiger partial charge in [0.15, 0.2) is 5.96 Å². The first kappa shape index (κ1) is 8.30. The Kier molecular flexibility index (Phi) is 2.68. The monoisotopic (exact) mass is 159 g/mol. The van der Waals surface area contributed by atoms with Gasteiger partial charge in [-0.3, -0.25) is 9.80 Å². The zero-order valence-electron chi connectivity index (χ0n) is 6.52. The molecule has 64 valence electrons. The highest BCUT2D eigenvalue weighted by Gasteiger charge is 2.19. The van der Waals surface area contributed by atoms with Crippen LogP contribution < -0.4 is 5.73 Å². The third kappa shape index (κ3) is 2.06. The third-order valence-corrected chi connectivity index (χ3v) is 2.17. The summed E-state index contributed by atoms with van der Waals surface area (Å²) in [7, 11) is 0. The van der Waals surface area contributed by atoms with Gasteiger partial charge in [-0.25, -0.2) is 0 Å². The predicted octanol–water partition coefficient (Wildman–Crippen LogP) is 0.561. The molecule has 0 spiro atoms. The van der Waals surface area contributed by atoms with Gasteiger partial charge in [0.2, 0.25) is 0 Å². The highest BCUT2D eigenvalue weighted by molar-refractivity contribution is 5.74. The van der Waals surface area contributed by atoms with Gasteiger partial charge in [0.25, 0.3) is 0 Å². The Bertz CT molecular complexity index is 141. The van der Waals surface area contributed by atoms with Gasteiger partial charge in [-0.2, -0.15) is 0 Å². The van der Waals surface area contributed by atoms with Crippen molar-refractivity contribution in [1.82, 2.24) is 4.90 Å². The quantitative estimate of drug-likeness (QED) is 0.434. The van der Waals surface area contributed by atoms with Crippen molar-refractivity contribution in [2.24, 2.45) is 11.7 Å². The molecule has 0 aliphatic carbocycles. The fourth-order valence-electron chi connectivity index (χ4n) is 1.33. The highest BCUT2D eigenvalue weighted by Crippen LogP contribution is 2.16. The van der Waals surface area contributed by atoms with Gasteiger partial charge >= 0.3 is 0 Å². The maximum atomic E-state index is 12.1. The molecule has 0 aromatic rings. The Morgan fingerprint density at radius 1 is 1.55 bits per heavy atom. The van der Waals surface area contributed by atoms with E-state index < -0.39 is 0 Å². The summed E-state index contributed by atoms with van der Waals surface area (Å²) < 4.78 is 12.1. The van der Waals surface area contributed by atoms with E-state index in [2.05, 4.69) is 0 Å². The molecule has 3 nitrogen and oxygen atoms in total. The zero-order valence-corrected chi connectivity index (χ0v) is 6.52. The lowest BCUT2D eigenvalue weighted by Crippen LogP contribution is -2.42. The number of nitrogens with zero attached hydrogens (tertiary/aromatic N) is 1. The van der Waals surface area contributed by atoms with Crippen molar-refractivity contribution in [3.05, 3.63) is 0 Å². The minimum Gasteiger partial charge on any atom is -0.370 e. The summed E-state index contributed by atoms with van der Waals surface area (Å²) in [6.45, 7) is 1.25. The number of nitrogens with one attached hydrogen (secondary N) is 1.